The average Bonchev–Trinajstić information content (AvgIpc) is 3.71. The number of hydrogen-bond donors (Lipinski definition) is 2. The van der Waals surface area contributed by atoms with E-state index in [0.717, 1.165) is 24.0 Å². The zero-order valence-electron chi connectivity index (χ0n) is 22.4. The Bertz CT molecular complexity index is 1310. The van der Waals surface area contributed by atoms with Gasteiger partial charge in [0.1, 0.15) is 0 Å². The van der Waals surface area contributed by atoms with E-state index in [4.69, 9.17) is 23.2 Å². The van der Waals surface area contributed by atoms with Gasteiger partial charge in [0.15, 0.2) is 0 Å². The quantitative estimate of drug-likeness (QED) is 0.330. The zero-order valence-corrected chi connectivity index (χ0v) is 24.8. The number of carboxylic acid groups (broad SMARTS) is 1. The minimum Gasteiger partial charge on any atom is -0.481 e. The van der Waals surface area contributed by atoms with Crippen LogP contribution in [0.2, 0.25) is 10.0 Å². The van der Waals surface area contributed by atoms with E-state index in [2.05, 4.69) is 4.72 Å². The molecule has 2 aromatic carbocycles. The van der Waals surface area contributed by atoms with Crippen molar-refractivity contribution in [3.63, 3.8) is 0 Å². The van der Waals surface area contributed by atoms with Crippen molar-refractivity contribution in [2.75, 3.05) is 6.54 Å². The molecule has 2 aromatic rings. The predicted octanol–water partition coefficient (Wildman–Crippen LogP) is 6.03. The van der Waals surface area contributed by atoms with E-state index in [1.807, 2.05) is 42.2 Å². The summed E-state index contributed by atoms with van der Waals surface area (Å²) in [5, 5.41) is 10.4. The Balaban J connectivity index is 1.91. The van der Waals surface area contributed by atoms with Crippen molar-refractivity contribution < 1.29 is 23.1 Å². The van der Waals surface area contributed by atoms with E-state index < -0.39 is 38.7 Å². The molecule has 1 aliphatic carbocycles. The van der Waals surface area contributed by atoms with Gasteiger partial charge in [-0.05, 0) is 80.8 Å². The van der Waals surface area contributed by atoms with Crippen molar-refractivity contribution in [1.82, 2.24) is 9.62 Å². The third-order valence-electron chi connectivity index (χ3n) is 8.27. The van der Waals surface area contributed by atoms with Gasteiger partial charge in [-0.2, -0.15) is 0 Å². The molecule has 0 aromatic heterocycles. The summed E-state index contributed by atoms with van der Waals surface area (Å²) in [5.41, 5.74) is 0.613. The van der Waals surface area contributed by atoms with Gasteiger partial charge >= 0.3 is 5.97 Å². The van der Waals surface area contributed by atoms with Crippen LogP contribution in [0.15, 0.2) is 48.5 Å². The molecule has 1 saturated heterocycles. The van der Waals surface area contributed by atoms with E-state index in [9.17, 15) is 23.1 Å². The number of likely N-dealkylation sites (tertiary alicyclic amines) is 1. The number of sulfonamides is 1. The van der Waals surface area contributed by atoms with Crippen molar-refractivity contribution in [2.24, 2.45) is 11.3 Å². The summed E-state index contributed by atoms with van der Waals surface area (Å²) in [6.45, 7) is 5.14. The number of carbonyl (C=O) groups is 2. The number of nitrogens with one attached hydrogen (secondary N) is 1. The molecule has 1 saturated carbocycles. The van der Waals surface area contributed by atoms with Crippen LogP contribution >= 0.6 is 23.2 Å². The van der Waals surface area contributed by atoms with Crippen molar-refractivity contribution in [3.05, 3.63) is 69.7 Å². The van der Waals surface area contributed by atoms with Crippen molar-refractivity contribution in [2.45, 2.75) is 76.1 Å². The lowest BCUT2D eigenvalue weighted by Crippen LogP contribution is -2.59. The van der Waals surface area contributed by atoms with E-state index in [-0.39, 0.29) is 30.7 Å². The topological polar surface area (TPSA) is 104 Å². The van der Waals surface area contributed by atoms with Crippen LogP contribution in [0.5, 0.6) is 0 Å². The molecule has 2 aliphatic rings. The highest BCUT2D eigenvalue weighted by Gasteiger charge is 2.55. The Morgan fingerprint density at radius 2 is 1.77 bits per heavy atom. The average molecular weight is 596 g/mol. The van der Waals surface area contributed by atoms with Gasteiger partial charge in [0.2, 0.25) is 15.9 Å². The molecule has 10 heteroatoms. The van der Waals surface area contributed by atoms with Gasteiger partial charge in [0.05, 0.1) is 23.1 Å². The molecular weight excluding hydrogens is 559 g/mol. The fraction of sp³-hybridized carbons (Fsp3) is 0.517. The molecule has 7 nitrogen and oxygen atoms in total. The number of benzene rings is 2. The van der Waals surface area contributed by atoms with Gasteiger partial charge in [0, 0.05) is 28.5 Å². The smallest absolute Gasteiger partial charge is 0.304 e. The number of rotatable bonds is 11. The molecule has 4 atom stereocenters. The maximum Gasteiger partial charge on any atom is 0.304 e. The Morgan fingerprint density at radius 1 is 1.10 bits per heavy atom. The van der Waals surface area contributed by atoms with Crippen LogP contribution in [0.3, 0.4) is 0 Å². The largest absolute Gasteiger partial charge is 0.481 e. The minimum atomic E-state index is -3.58. The van der Waals surface area contributed by atoms with Crippen molar-refractivity contribution in [1.29, 1.82) is 0 Å². The first-order valence-corrected chi connectivity index (χ1v) is 15.7. The molecule has 2 N–H and O–H groups in total. The normalized spacial score (nSPS) is 24.7. The lowest BCUT2D eigenvalue weighted by Gasteiger charge is -2.53. The lowest BCUT2D eigenvalue weighted by molar-refractivity contribution is -0.162. The molecule has 1 amide bonds. The van der Waals surface area contributed by atoms with Gasteiger partial charge in [-0.25, -0.2) is 13.1 Å². The molecule has 2 fully saturated rings. The maximum absolute atomic E-state index is 14.6. The number of hydrogen-bond acceptors (Lipinski definition) is 4. The summed E-state index contributed by atoms with van der Waals surface area (Å²) >= 11 is 12.6. The monoisotopic (exact) mass is 594 g/mol. The first-order chi connectivity index (χ1) is 18.4. The number of nitrogens with zero attached hydrogens (tertiary/aromatic N) is 1. The van der Waals surface area contributed by atoms with Crippen LogP contribution in [0.1, 0.15) is 76.0 Å². The number of halogens is 2. The van der Waals surface area contributed by atoms with Gasteiger partial charge < -0.3 is 10.0 Å². The van der Waals surface area contributed by atoms with Crippen LogP contribution < -0.4 is 4.72 Å². The molecular formula is C29H36Cl2N2O5S. The molecule has 0 radical (unpaired) electrons. The second-order valence-electron chi connectivity index (χ2n) is 11.1. The highest BCUT2D eigenvalue weighted by molar-refractivity contribution is 7.90. The van der Waals surface area contributed by atoms with E-state index in [0.29, 0.717) is 22.9 Å². The summed E-state index contributed by atoms with van der Waals surface area (Å²) in [7, 11) is -3.58. The summed E-state index contributed by atoms with van der Waals surface area (Å²) in [6.07, 6.45) is 2.09. The Kier molecular flexibility index (Phi) is 9.01. The Morgan fingerprint density at radius 3 is 2.31 bits per heavy atom. The standard InChI is InChI=1S/C29H36Cl2N2O5S/c1-4-29(16-26(34)35)15-24(21-6-5-7-23(31)14-21)27(20-10-12-22(30)13-11-20)33(28(29)36)25(19-8-9-19)17-32-39(37,38)18(2)3/h5-7,10-14,18-19,24-25,27,32H,4,8-9,15-17H2,1-3H3,(H,34,35)/t24?,25-,27-,29-/m1/s1. The SMILES string of the molecule is CC[C@]1(CC(=O)O)CC(c2cccc(Cl)c2)[C@@H](c2ccc(Cl)cc2)N([C@H](CNS(=O)(=O)C(C)C)C2CC2)C1=O. The molecule has 1 aliphatic heterocycles. The summed E-state index contributed by atoms with van der Waals surface area (Å²) in [6, 6.07) is 13.9. The molecule has 0 bridgehead atoms. The van der Waals surface area contributed by atoms with E-state index in [1.165, 1.54) is 0 Å². The Hall–Kier alpha value is -2.13. The molecule has 1 heterocycles. The third kappa shape index (κ3) is 6.45. The van der Waals surface area contributed by atoms with Crippen LogP contribution in [-0.4, -0.2) is 48.1 Å². The summed E-state index contributed by atoms with van der Waals surface area (Å²) in [5.74, 6) is -1.45. The van der Waals surface area contributed by atoms with Crippen LogP contribution in [0.4, 0.5) is 0 Å². The van der Waals surface area contributed by atoms with Crippen molar-refractivity contribution in [3.8, 4) is 0 Å². The van der Waals surface area contributed by atoms with Gasteiger partial charge in [0.25, 0.3) is 0 Å². The summed E-state index contributed by atoms with van der Waals surface area (Å²) in [4.78, 5) is 28.5. The first kappa shape index (κ1) is 29.8. The molecule has 212 valence electrons. The van der Waals surface area contributed by atoms with Gasteiger partial charge in [-0.15, -0.1) is 0 Å². The molecule has 39 heavy (non-hydrogen) atoms. The number of amides is 1. The maximum atomic E-state index is 14.6. The van der Waals surface area contributed by atoms with Crippen LogP contribution in [0, 0.1) is 11.3 Å². The predicted molar refractivity (Wildman–Crippen MR) is 153 cm³/mol. The number of carboxylic acids is 1. The third-order valence-corrected chi connectivity index (χ3v) is 10.6. The molecule has 0 spiro atoms. The zero-order chi connectivity index (χ0) is 28.5. The van der Waals surface area contributed by atoms with Crippen molar-refractivity contribution >= 4 is 45.1 Å². The van der Waals surface area contributed by atoms with Crippen LogP contribution in [-0.2, 0) is 19.6 Å². The second kappa shape index (κ2) is 11.8. The van der Waals surface area contributed by atoms with E-state index >= 15 is 0 Å². The van der Waals surface area contributed by atoms with Gasteiger partial charge in [-0.1, -0.05) is 54.4 Å². The Labute approximate surface area is 240 Å². The molecule has 1 unspecified atom stereocenters. The lowest BCUT2D eigenvalue weighted by atomic mass is 9.64. The first-order valence-electron chi connectivity index (χ1n) is 13.4. The highest BCUT2D eigenvalue weighted by atomic mass is 35.5. The fourth-order valence-corrected chi connectivity index (χ4v) is 6.92. The number of piperidine rings is 1. The van der Waals surface area contributed by atoms with Crippen LogP contribution in [0.25, 0.3) is 0 Å². The number of aliphatic carboxylic acids is 1. The second-order valence-corrected chi connectivity index (χ2v) is 14.3. The summed E-state index contributed by atoms with van der Waals surface area (Å²) < 4.78 is 28.3. The van der Waals surface area contributed by atoms with E-state index in [1.54, 1.807) is 32.0 Å². The number of carbonyl (C=O) groups excluding carboxylic acids is 1. The molecule has 4 rings (SSSR count). The fourth-order valence-electron chi connectivity index (χ4n) is 5.86. The van der Waals surface area contributed by atoms with Gasteiger partial charge in [-0.3, -0.25) is 9.59 Å². The highest BCUT2D eigenvalue weighted by Crippen LogP contribution is 2.55. The minimum absolute atomic E-state index is 0.0656.